The van der Waals surface area contributed by atoms with Gasteiger partial charge < -0.3 is 19.3 Å². The second kappa shape index (κ2) is 8.47. The van der Waals surface area contributed by atoms with E-state index in [2.05, 4.69) is 25.1 Å². The van der Waals surface area contributed by atoms with Crippen molar-refractivity contribution < 1.29 is 28.6 Å². The van der Waals surface area contributed by atoms with E-state index >= 15 is 0 Å². The van der Waals surface area contributed by atoms with Gasteiger partial charge in [-0.15, -0.1) is 0 Å². The van der Waals surface area contributed by atoms with Crippen LogP contribution in [-0.2, 0) is 13.2 Å². The minimum absolute atomic E-state index is 0.0669. The maximum atomic E-state index is 12.5. The summed E-state index contributed by atoms with van der Waals surface area (Å²) in [5.41, 5.74) is 2.13. The van der Waals surface area contributed by atoms with Gasteiger partial charge in [0, 0.05) is 18.4 Å². The Balaban J connectivity index is 1.48. The van der Waals surface area contributed by atoms with Crippen LogP contribution in [0.4, 0.5) is 4.79 Å². The Bertz CT molecular complexity index is 1430. The lowest BCUT2D eigenvalue weighted by Gasteiger charge is -2.33. The summed E-state index contributed by atoms with van der Waals surface area (Å²) in [4.78, 5) is 12.5. The molecule has 2 aliphatic rings. The van der Waals surface area contributed by atoms with Gasteiger partial charge >= 0.3 is 6.09 Å². The zero-order chi connectivity index (χ0) is 24.0. The summed E-state index contributed by atoms with van der Waals surface area (Å²) < 4.78 is 17.5. The van der Waals surface area contributed by atoms with E-state index in [0.717, 1.165) is 62.8 Å². The van der Waals surface area contributed by atoms with Gasteiger partial charge in [-0.05, 0) is 64.4 Å². The average molecular weight is 471 g/mol. The van der Waals surface area contributed by atoms with Crippen LogP contribution in [0.1, 0.15) is 30.9 Å². The summed E-state index contributed by atoms with van der Waals surface area (Å²) in [7, 11) is 0. The van der Waals surface area contributed by atoms with Crippen molar-refractivity contribution in [1.82, 2.24) is 0 Å². The van der Waals surface area contributed by atoms with Crippen molar-refractivity contribution >= 4 is 27.6 Å². The van der Waals surface area contributed by atoms with Gasteiger partial charge in [0.15, 0.2) is 11.5 Å². The molecule has 0 radical (unpaired) electrons. The van der Waals surface area contributed by atoms with Crippen molar-refractivity contribution in [2.45, 2.75) is 39.0 Å². The SMILES string of the molecule is C[C@@H]1CCC[N+]1(Cc1cc2cc3c(cc2c2cc(OCc4ccccc4)ccc12)OCO3)C(=O)O. The number of amides is 1. The van der Waals surface area contributed by atoms with Gasteiger partial charge in [-0.3, -0.25) is 0 Å². The molecular weight excluding hydrogens is 442 g/mol. The van der Waals surface area contributed by atoms with Crippen molar-refractivity contribution in [3.63, 3.8) is 0 Å². The maximum absolute atomic E-state index is 12.5. The number of hydrogen-bond acceptors (Lipinski definition) is 4. The number of quaternary nitrogens is 1. The predicted octanol–water partition coefficient (Wildman–Crippen LogP) is 6.48. The largest absolute Gasteiger partial charge is 0.514 e. The average Bonchev–Trinajstić information content (AvgIpc) is 3.48. The Labute approximate surface area is 203 Å². The zero-order valence-corrected chi connectivity index (χ0v) is 19.7. The second-order valence-electron chi connectivity index (χ2n) is 9.63. The molecular formula is C29H28NO5+. The molecule has 4 aromatic carbocycles. The Morgan fingerprint density at radius 2 is 1.80 bits per heavy atom. The second-order valence-corrected chi connectivity index (χ2v) is 9.63. The summed E-state index contributed by atoms with van der Waals surface area (Å²) in [6, 6.07) is 22.4. The molecule has 0 bridgehead atoms. The van der Waals surface area contributed by atoms with Gasteiger partial charge in [-0.2, -0.15) is 4.79 Å². The number of nitrogens with zero attached hydrogens (tertiary/aromatic N) is 1. The number of hydrogen-bond donors (Lipinski definition) is 1. The van der Waals surface area contributed by atoms with Gasteiger partial charge in [0.1, 0.15) is 18.9 Å². The van der Waals surface area contributed by atoms with Crippen LogP contribution in [0.25, 0.3) is 21.5 Å². The lowest BCUT2D eigenvalue weighted by Crippen LogP contribution is -2.53. The van der Waals surface area contributed by atoms with Crippen LogP contribution in [0.3, 0.4) is 0 Å². The summed E-state index contributed by atoms with van der Waals surface area (Å²) in [5.74, 6) is 2.22. The highest BCUT2D eigenvalue weighted by Crippen LogP contribution is 2.42. The van der Waals surface area contributed by atoms with Crippen LogP contribution in [0.2, 0.25) is 0 Å². The Kier molecular flexibility index (Phi) is 5.26. The molecule has 0 saturated carbocycles. The van der Waals surface area contributed by atoms with E-state index < -0.39 is 6.09 Å². The van der Waals surface area contributed by atoms with Crippen LogP contribution in [0.15, 0.2) is 66.7 Å². The van der Waals surface area contributed by atoms with Gasteiger partial charge in [-0.25, -0.2) is 4.48 Å². The van der Waals surface area contributed by atoms with Crippen molar-refractivity contribution in [1.29, 1.82) is 0 Å². The summed E-state index contributed by atoms with van der Waals surface area (Å²) >= 11 is 0. The summed E-state index contributed by atoms with van der Waals surface area (Å²) in [6.45, 7) is 3.83. The molecule has 2 heterocycles. The predicted molar refractivity (Wildman–Crippen MR) is 134 cm³/mol. The number of carbonyl (C=O) groups is 1. The molecule has 6 nitrogen and oxygen atoms in total. The monoisotopic (exact) mass is 470 g/mol. The lowest BCUT2D eigenvalue weighted by molar-refractivity contribution is -0.880. The van der Waals surface area contributed by atoms with E-state index in [1.165, 1.54) is 0 Å². The van der Waals surface area contributed by atoms with Crippen LogP contribution >= 0.6 is 0 Å². The third-order valence-corrected chi connectivity index (χ3v) is 7.61. The summed E-state index contributed by atoms with van der Waals surface area (Å²) in [5, 5.41) is 14.4. The van der Waals surface area contributed by atoms with E-state index in [9.17, 15) is 9.90 Å². The lowest BCUT2D eigenvalue weighted by atomic mass is 9.95. The molecule has 1 fully saturated rings. The first kappa shape index (κ1) is 21.7. The molecule has 6 rings (SSSR count). The molecule has 2 aliphatic heterocycles. The Morgan fingerprint density at radius 3 is 2.54 bits per heavy atom. The quantitative estimate of drug-likeness (QED) is 0.267. The zero-order valence-electron chi connectivity index (χ0n) is 19.7. The van der Waals surface area contributed by atoms with Crippen molar-refractivity contribution in [3.05, 3.63) is 77.9 Å². The number of rotatable bonds is 5. The number of likely N-dealkylation sites (tertiary alicyclic amines) is 1. The highest BCUT2D eigenvalue weighted by Gasteiger charge is 2.46. The minimum atomic E-state index is -0.753. The topological polar surface area (TPSA) is 65.0 Å². The first-order valence-electron chi connectivity index (χ1n) is 12.1. The molecule has 35 heavy (non-hydrogen) atoms. The molecule has 0 aromatic heterocycles. The number of benzene rings is 4. The Hall–Kier alpha value is -3.77. The van der Waals surface area contributed by atoms with Crippen LogP contribution in [-0.4, -0.2) is 35.1 Å². The van der Waals surface area contributed by atoms with E-state index in [4.69, 9.17) is 14.2 Å². The molecule has 1 amide bonds. The van der Waals surface area contributed by atoms with Crippen LogP contribution in [0.5, 0.6) is 17.2 Å². The number of carboxylic acid groups (broad SMARTS) is 1. The summed E-state index contributed by atoms with van der Waals surface area (Å²) in [6.07, 6.45) is 1.10. The molecule has 1 unspecified atom stereocenters. The fourth-order valence-electron chi connectivity index (χ4n) is 5.59. The van der Waals surface area contributed by atoms with Crippen molar-refractivity contribution in [2.24, 2.45) is 0 Å². The van der Waals surface area contributed by atoms with E-state index in [1.54, 1.807) is 0 Å². The van der Waals surface area contributed by atoms with E-state index in [0.29, 0.717) is 19.7 Å². The highest BCUT2D eigenvalue weighted by molar-refractivity contribution is 6.10. The molecule has 0 spiro atoms. The van der Waals surface area contributed by atoms with Gasteiger partial charge in [-0.1, -0.05) is 36.4 Å². The molecule has 1 saturated heterocycles. The number of ether oxygens (including phenoxy) is 3. The van der Waals surface area contributed by atoms with Gasteiger partial charge in [0.05, 0.1) is 12.6 Å². The third kappa shape index (κ3) is 3.74. The first-order chi connectivity index (χ1) is 17.0. The smallest absolute Gasteiger partial charge is 0.489 e. The van der Waals surface area contributed by atoms with Crippen LogP contribution in [0, 0.1) is 0 Å². The third-order valence-electron chi connectivity index (χ3n) is 7.61. The molecule has 178 valence electrons. The fourth-order valence-corrected chi connectivity index (χ4v) is 5.59. The Morgan fingerprint density at radius 1 is 1.00 bits per heavy atom. The van der Waals surface area contributed by atoms with E-state index in [-0.39, 0.29) is 17.3 Å². The minimum Gasteiger partial charge on any atom is -0.489 e. The van der Waals surface area contributed by atoms with E-state index in [1.807, 2.05) is 48.5 Å². The van der Waals surface area contributed by atoms with Gasteiger partial charge in [0.2, 0.25) is 6.79 Å². The van der Waals surface area contributed by atoms with Crippen molar-refractivity contribution in [2.75, 3.05) is 13.3 Å². The molecule has 2 atom stereocenters. The maximum Gasteiger partial charge on any atom is 0.514 e. The van der Waals surface area contributed by atoms with Crippen LogP contribution < -0.4 is 14.2 Å². The normalized spacial score (nSPS) is 21.0. The standard InChI is InChI=1S/C29H27NO5/c1-19-6-5-11-30(19,29(31)32)16-22-12-21-13-27-28(35-18-34-27)15-25(21)26-14-23(9-10-24(22)26)33-17-20-7-3-2-4-8-20/h2-4,7-10,12-15,19H,5-6,11,16-18H2,1H3/p+1/t19-,30?/m1/s1. The van der Waals surface area contributed by atoms with Crippen molar-refractivity contribution in [3.8, 4) is 17.2 Å². The van der Waals surface area contributed by atoms with Gasteiger partial charge in [0.25, 0.3) is 0 Å². The number of fused-ring (bicyclic) bond motifs is 4. The fraction of sp³-hybridized carbons (Fsp3) is 0.276. The highest BCUT2D eigenvalue weighted by atomic mass is 16.7. The molecule has 1 N–H and O–H groups in total. The molecule has 6 heteroatoms. The first-order valence-corrected chi connectivity index (χ1v) is 12.1. The molecule has 0 aliphatic carbocycles. The molecule has 4 aromatic rings.